The molecule has 0 fully saturated rings. The van der Waals surface area contributed by atoms with Gasteiger partial charge in [-0.3, -0.25) is 0 Å². The van der Waals surface area contributed by atoms with Crippen molar-refractivity contribution in [2.75, 3.05) is 0 Å². The molecular weight excluding hydrogens is 155 g/mol. The van der Waals surface area contributed by atoms with Crippen LogP contribution in [0.3, 0.4) is 0 Å². The fraction of sp³-hybridized carbons (Fsp3) is 0.500. The standard InChI is InChI=1S/C4H4N2Se/c5-1-3-7-4-2-6/h3-4H2. The third kappa shape index (κ3) is 5.50. The first kappa shape index (κ1) is 6.50. The van der Waals surface area contributed by atoms with Crippen LogP contribution in [0, 0.1) is 22.7 Å². The predicted molar refractivity (Wildman–Crippen MR) is 26.6 cm³/mol. The molecule has 0 amide bonds. The Labute approximate surface area is 48.9 Å². The van der Waals surface area contributed by atoms with Crippen LogP contribution in [-0.2, 0) is 0 Å². The molecule has 0 N–H and O–H groups in total. The SMILES string of the molecule is N#CC[Se]CC#N. The molecule has 0 radical (unpaired) electrons. The Morgan fingerprint density at radius 1 is 1.14 bits per heavy atom. The molecular formula is C4H4N2Se. The average Bonchev–Trinajstić information content (AvgIpc) is 1.69. The molecule has 0 heterocycles. The van der Waals surface area contributed by atoms with E-state index >= 15 is 0 Å². The van der Waals surface area contributed by atoms with Gasteiger partial charge in [-0.05, 0) is 0 Å². The van der Waals surface area contributed by atoms with E-state index in [1.807, 2.05) is 12.1 Å². The maximum absolute atomic E-state index is 7.95. The molecule has 3 heteroatoms. The van der Waals surface area contributed by atoms with E-state index in [2.05, 4.69) is 0 Å². The predicted octanol–water partition coefficient (Wildman–Crippen LogP) is 0.574. The van der Waals surface area contributed by atoms with Gasteiger partial charge in [-0.15, -0.1) is 0 Å². The molecule has 0 atom stereocenters. The molecule has 7 heavy (non-hydrogen) atoms. The van der Waals surface area contributed by atoms with Gasteiger partial charge < -0.3 is 0 Å². The first-order valence-electron chi connectivity index (χ1n) is 1.73. The van der Waals surface area contributed by atoms with Crippen molar-refractivity contribution in [1.29, 1.82) is 10.5 Å². The van der Waals surface area contributed by atoms with Crippen molar-refractivity contribution in [2.45, 2.75) is 10.6 Å². The summed E-state index contributed by atoms with van der Waals surface area (Å²) in [6, 6.07) is 3.96. The summed E-state index contributed by atoms with van der Waals surface area (Å²) >= 11 is 0.253. The van der Waals surface area contributed by atoms with E-state index in [0.717, 1.165) is 0 Å². The summed E-state index contributed by atoms with van der Waals surface area (Å²) in [6.07, 6.45) is 0. The quantitative estimate of drug-likeness (QED) is 0.437. The molecule has 0 saturated carbocycles. The van der Waals surface area contributed by atoms with E-state index in [1.54, 1.807) is 0 Å². The van der Waals surface area contributed by atoms with E-state index in [9.17, 15) is 0 Å². The second kappa shape index (κ2) is 5.50. The Balaban J connectivity index is 2.77. The summed E-state index contributed by atoms with van der Waals surface area (Å²) in [5.74, 6) is 0. The molecule has 0 aromatic carbocycles. The van der Waals surface area contributed by atoms with Crippen LogP contribution >= 0.6 is 0 Å². The van der Waals surface area contributed by atoms with E-state index in [4.69, 9.17) is 10.5 Å². The number of hydrogen-bond acceptors (Lipinski definition) is 2. The van der Waals surface area contributed by atoms with Crippen molar-refractivity contribution in [3.05, 3.63) is 0 Å². The van der Waals surface area contributed by atoms with Crippen LogP contribution in [0.4, 0.5) is 0 Å². The second-order valence-electron chi connectivity index (χ2n) is 0.809. The minimum absolute atomic E-state index is 0.253. The summed E-state index contributed by atoms with van der Waals surface area (Å²) in [5.41, 5.74) is 0. The Bertz CT molecular complexity index is 93.8. The first-order chi connectivity index (χ1) is 3.41. The molecule has 0 rings (SSSR count). The molecule has 2 nitrogen and oxygen atoms in total. The van der Waals surface area contributed by atoms with Crippen molar-refractivity contribution >= 4 is 15.0 Å². The van der Waals surface area contributed by atoms with E-state index in [0.29, 0.717) is 10.6 Å². The van der Waals surface area contributed by atoms with Gasteiger partial charge in [0.05, 0.1) is 0 Å². The third-order valence-corrected chi connectivity index (χ3v) is 1.73. The Morgan fingerprint density at radius 2 is 1.57 bits per heavy atom. The molecule has 0 aliphatic carbocycles. The van der Waals surface area contributed by atoms with Crippen LogP contribution in [0.15, 0.2) is 0 Å². The molecule has 0 aromatic heterocycles. The molecule has 36 valence electrons. The van der Waals surface area contributed by atoms with Crippen LogP contribution in [0.2, 0.25) is 10.6 Å². The van der Waals surface area contributed by atoms with Gasteiger partial charge in [0.1, 0.15) is 0 Å². The van der Waals surface area contributed by atoms with Crippen molar-refractivity contribution in [2.24, 2.45) is 0 Å². The number of rotatable bonds is 2. The Hall–Kier alpha value is -0.501. The summed E-state index contributed by atoms with van der Waals surface area (Å²) < 4.78 is 0. The average molecular weight is 159 g/mol. The van der Waals surface area contributed by atoms with Crippen LogP contribution in [0.25, 0.3) is 0 Å². The first-order valence-corrected chi connectivity index (χ1v) is 4.15. The normalized spacial score (nSPS) is 6.57. The zero-order chi connectivity index (χ0) is 5.54. The topological polar surface area (TPSA) is 47.6 Å². The van der Waals surface area contributed by atoms with Gasteiger partial charge in [0.15, 0.2) is 0 Å². The summed E-state index contributed by atoms with van der Waals surface area (Å²) in [7, 11) is 0. The fourth-order valence-electron chi connectivity index (χ4n) is 0.142. The monoisotopic (exact) mass is 160 g/mol. The Kier molecular flexibility index (Phi) is 5.11. The second-order valence-corrected chi connectivity index (χ2v) is 2.88. The zero-order valence-corrected chi connectivity index (χ0v) is 5.43. The van der Waals surface area contributed by atoms with Crippen molar-refractivity contribution < 1.29 is 0 Å². The van der Waals surface area contributed by atoms with Gasteiger partial charge >= 0.3 is 48.3 Å². The summed E-state index contributed by atoms with van der Waals surface area (Å²) in [5, 5.41) is 17.0. The molecule has 0 aliphatic rings. The number of hydrogen-bond donors (Lipinski definition) is 0. The van der Waals surface area contributed by atoms with E-state index < -0.39 is 0 Å². The van der Waals surface area contributed by atoms with Gasteiger partial charge in [0.2, 0.25) is 0 Å². The summed E-state index contributed by atoms with van der Waals surface area (Å²) in [6.45, 7) is 0. The summed E-state index contributed by atoms with van der Waals surface area (Å²) in [4.78, 5) is 0. The number of nitriles is 2. The molecule has 0 saturated heterocycles. The maximum atomic E-state index is 7.95. The molecule has 0 unspecified atom stereocenters. The molecule has 0 spiro atoms. The fourth-order valence-corrected chi connectivity index (χ4v) is 0.740. The van der Waals surface area contributed by atoms with Gasteiger partial charge in [0.25, 0.3) is 0 Å². The van der Waals surface area contributed by atoms with E-state index in [-0.39, 0.29) is 15.0 Å². The Morgan fingerprint density at radius 3 is 1.86 bits per heavy atom. The molecule has 0 aliphatic heterocycles. The van der Waals surface area contributed by atoms with Gasteiger partial charge in [0, 0.05) is 0 Å². The molecule has 0 aromatic rings. The van der Waals surface area contributed by atoms with E-state index in [1.165, 1.54) is 0 Å². The van der Waals surface area contributed by atoms with Gasteiger partial charge in [-0.25, -0.2) is 0 Å². The number of nitrogens with zero attached hydrogens (tertiary/aromatic N) is 2. The van der Waals surface area contributed by atoms with Crippen molar-refractivity contribution in [3.8, 4) is 12.1 Å². The van der Waals surface area contributed by atoms with Crippen molar-refractivity contribution in [1.82, 2.24) is 0 Å². The zero-order valence-electron chi connectivity index (χ0n) is 3.72. The van der Waals surface area contributed by atoms with Crippen LogP contribution in [0.1, 0.15) is 0 Å². The van der Waals surface area contributed by atoms with Crippen molar-refractivity contribution in [3.63, 3.8) is 0 Å². The molecule has 0 bridgehead atoms. The third-order valence-electron chi connectivity index (χ3n) is 0.333. The van der Waals surface area contributed by atoms with Gasteiger partial charge in [-0.2, -0.15) is 0 Å². The van der Waals surface area contributed by atoms with Gasteiger partial charge in [-0.1, -0.05) is 0 Å². The van der Waals surface area contributed by atoms with Crippen LogP contribution < -0.4 is 0 Å². The van der Waals surface area contributed by atoms with Crippen LogP contribution in [-0.4, -0.2) is 15.0 Å². The van der Waals surface area contributed by atoms with Crippen LogP contribution in [0.5, 0.6) is 0 Å². The minimum atomic E-state index is 0.253.